The van der Waals surface area contributed by atoms with Crippen LogP contribution in [0.5, 0.6) is 0 Å². The fourth-order valence-electron chi connectivity index (χ4n) is 2.74. The Bertz CT molecular complexity index is 1040. The first kappa shape index (κ1) is 19.7. The van der Waals surface area contributed by atoms with E-state index in [0.717, 1.165) is 5.56 Å². The van der Waals surface area contributed by atoms with Crippen LogP contribution in [0.4, 0.5) is 11.4 Å². The summed E-state index contributed by atoms with van der Waals surface area (Å²) < 4.78 is 0. The van der Waals surface area contributed by atoms with E-state index in [1.807, 2.05) is 6.07 Å². The number of para-hydroxylation sites is 1. The molecular weight excluding hydrogens is 372 g/mol. The van der Waals surface area contributed by atoms with Crippen molar-refractivity contribution in [1.82, 2.24) is 10.3 Å². The normalized spacial score (nSPS) is 10.2. The molecule has 8 nitrogen and oxygen atoms in total. The highest BCUT2D eigenvalue weighted by atomic mass is 16.6. The van der Waals surface area contributed by atoms with E-state index >= 15 is 0 Å². The zero-order valence-corrected chi connectivity index (χ0v) is 15.4. The first-order valence-corrected chi connectivity index (χ1v) is 8.82. The van der Waals surface area contributed by atoms with E-state index in [1.54, 1.807) is 48.5 Å². The Kier molecular flexibility index (Phi) is 6.26. The van der Waals surface area contributed by atoms with Gasteiger partial charge in [-0.25, -0.2) is 0 Å². The molecule has 3 rings (SSSR count). The minimum Gasteiger partial charge on any atom is -0.352 e. The lowest BCUT2D eigenvalue weighted by Crippen LogP contribution is -2.25. The maximum atomic E-state index is 12.2. The third kappa shape index (κ3) is 5.46. The highest BCUT2D eigenvalue weighted by Gasteiger charge is 2.15. The van der Waals surface area contributed by atoms with E-state index in [-0.39, 0.29) is 30.5 Å². The average Bonchev–Trinajstić information content (AvgIpc) is 2.73. The Labute approximate surface area is 166 Å². The van der Waals surface area contributed by atoms with Gasteiger partial charge in [-0.05, 0) is 29.8 Å². The van der Waals surface area contributed by atoms with Gasteiger partial charge in [0, 0.05) is 41.8 Å². The second kappa shape index (κ2) is 9.23. The van der Waals surface area contributed by atoms with Crippen LogP contribution in [0.25, 0.3) is 0 Å². The number of nitrogens with one attached hydrogen (secondary N) is 2. The summed E-state index contributed by atoms with van der Waals surface area (Å²) in [5.74, 6) is -0.588. The van der Waals surface area contributed by atoms with Gasteiger partial charge in [0.15, 0.2) is 0 Å². The molecular formula is C21H18N4O4. The maximum absolute atomic E-state index is 12.2. The lowest BCUT2D eigenvalue weighted by molar-refractivity contribution is -0.385. The molecule has 0 radical (unpaired) electrons. The van der Waals surface area contributed by atoms with Crippen LogP contribution in [-0.2, 0) is 17.8 Å². The van der Waals surface area contributed by atoms with Crippen LogP contribution in [-0.4, -0.2) is 21.7 Å². The van der Waals surface area contributed by atoms with Gasteiger partial charge in [0.1, 0.15) is 0 Å². The van der Waals surface area contributed by atoms with Crippen LogP contribution in [0.3, 0.4) is 0 Å². The second-order valence-electron chi connectivity index (χ2n) is 6.23. The number of benzene rings is 2. The fourth-order valence-corrected chi connectivity index (χ4v) is 2.74. The molecule has 2 N–H and O–H groups in total. The lowest BCUT2D eigenvalue weighted by atomic mass is 10.1. The van der Waals surface area contributed by atoms with Crippen molar-refractivity contribution in [3.8, 4) is 0 Å². The molecule has 1 heterocycles. The highest BCUT2D eigenvalue weighted by Crippen LogP contribution is 2.18. The Morgan fingerprint density at radius 1 is 1.00 bits per heavy atom. The van der Waals surface area contributed by atoms with Gasteiger partial charge in [0.05, 0.1) is 11.3 Å². The molecule has 8 heteroatoms. The Hall–Kier alpha value is -4.07. The van der Waals surface area contributed by atoms with Gasteiger partial charge in [-0.2, -0.15) is 0 Å². The van der Waals surface area contributed by atoms with E-state index in [9.17, 15) is 19.7 Å². The van der Waals surface area contributed by atoms with Crippen molar-refractivity contribution in [3.63, 3.8) is 0 Å². The van der Waals surface area contributed by atoms with E-state index < -0.39 is 4.92 Å². The molecule has 0 atom stereocenters. The molecule has 0 fully saturated rings. The molecule has 0 spiro atoms. The number of nitro groups is 1. The topological polar surface area (TPSA) is 114 Å². The van der Waals surface area contributed by atoms with E-state index in [1.165, 1.54) is 18.5 Å². The summed E-state index contributed by atoms with van der Waals surface area (Å²) in [7, 11) is 0. The summed E-state index contributed by atoms with van der Waals surface area (Å²) in [6.45, 7) is 0.235. The SMILES string of the molecule is O=C(Cc1ccccc1[N+](=O)[O-])NCc1cccc(NC(=O)c2ccncc2)c1. The number of carbonyl (C=O) groups is 2. The van der Waals surface area contributed by atoms with Crippen molar-refractivity contribution >= 4 is 23.2 Å². The maximum Gasteiger partial charge on any atom is 0.273 e. The number of amides is 2. The predicted molar refractivity (Wildman–Crippen MR) is 107 cm³/mol. The molecule has 0 aliphatic carbocycles. The smallest absolute Gasteiger partial charge is 0.273 e. The Morgan fingerprint density at radius 2 is 1.76 bits per heavy atom. The first-order valence-electron chi connectivity index (χ1n) is 8.82. The molecule has 146 valence electrons. The number of nitrogens with zero attached hydrogens (tertiary/aromatic N) is 2. The Morgan fingerprint density at radius 3 is 2.52 bits per heavy atom. The number of rotatable bonds is 7. The van der Waals surface area contributed by atoms with Gasteiger partial charge >= 0.3 is 0 Å². The lowest BCUT2D eigenvalue weighted by Gasteiger charge is -2.09. The number of anilines is 1. The minimum absolute atomic E-state index is 0.0801. The monoisotopic (exact) mass is 390 g/mol. The van der Waals surface area contributed by atoms with Crippen molar-refractivity contribution in [2.75, 3.05) is 5.32 Å². The zero-order valence-electron chi connectivity index (χ0n) is 15.4. The molecule has 0 aliphatic heterocycles. The summed E-state index contributed by atoms with van der Waals surface area (Å²) >= 11 is 0. The van der Waals surface area contributed by atoms with Crippen LogP contribution in [0.15, 0.2) is 73.1 Å². The molecule has 0 saturated heterocycles. The Balaban J connectivity index is 1.59. The number of nitro benzene ring substituents is 1. The molecule has 0 aliphatic rings. The largest absolute Gasteiger partial charge is 0.352 e. The fraction of sp³-hybridized carbons (Fsp3) is 0.0952. The third-order valence-electron chi connectivity index (χ3n) is 4.16. The highest BCUT2D eigenvalue weighted by molar-refractivity contribution is 6.04. The van der Waals surface area contributed by atoms with Crippen molar-refractivity contribution in [2.45, 2.75) is 13.0 Å². The predicted octanol–water partition coefficient (Wildman–Crippen LogP) is 3.10. The number of aromatic nitrogens is 1. The summed E-state index contributed by atoms with van der Waals surface area (Å²) in [6.07, 6.45) is 2.99. The average molecular weight is 390 g/mol. The summed E-state index contributed by atoms with van der Waals surface area (Å²) in [4.78, 5) is 38.8. The first-order chi connectivity index (χ1) is 14.0. The van der Waals surface area contributed by atoms with Gasteiger partial charge < -0.3 is 10.6 Å². The van der Waals surface area contributed by atoms with Crippen molar-refractivity contribution in [2.24, 2.45) is 0 Å². The van der Waals surface area contributed by atoms with E-state index in [2.05, 4.69) is 15.6 Å². The number of hydrogen-bond acceptors (Lipinski definition) is 5. The van der Waals surface area contributed by atoms with Crippen LogP contribution >= 0.6 is 0 Å². The third-order valence-corrected chi connectivity index (χ3v) is 4.16. The molecule has 29 heavy (non-hydrogen) atoms. The van der Waals surface area contributed by atoms with E-state index in [0.29, 0.717) is 16.8 Å². The van der Waals surface area contributed by atoms with Crippen LogP contribution in [0, 0.1) is 10.1 Å². The molecule has 0 unspecified atom stereocenters. The molecule has 2 amide bonds. The zero-order chi connectivity index (χ0) is 20.6. The summed E-state index contributed by atoms with van der Waals surface area (Å²) in [5, 5.41) is 16.6. The van der Waals surface area contributed by atoms with Crippen molar-refractivity contribution < 1.29 is 14.5 Å². The van der Waals surface area contributed by atoms with Crippen LogP contribution < -0.4 is 10.6 Å². The summed E-state index contributed by atoms with van der Waals surface area (Å²) in [5.41, 5.74) is 2.14. The number of pyridine rings is 1. The molecule has 2 aromatic carbocycles. The molecule has 3 aromatic rings. The van der Waals surface area contributed by atoms with E-state index in [4.69, 9.17) is 0 Å². The standard InChI is InChI=1S/C21H18N4O4/c26-20(13-17-5-1-2-7-19(17)25(28)29)23-14-15-4-3-6-18(12-15)24-21(27)16-8-10-22-11-9-16/h1-12H,13-14H2,(H,23,26)(H,24,27). The van der Waals surface area contributed by atoms with Gasteiger partial charge in [-0.3, -0.25) is 24.7 Å². The number of hydrogen-bond donors (Lipinski definition) is 2. The summed E-state index contributed by atoms with van der Waals surface area (Å²) in [6, 6.07) is 16.5. The quantitative estimate of drug-likeness (QED) is 0.475. The van der Waals surface area contributed by atoms with Gasteiger partial charge in [0.2, 0.25) is 5.91 Å². The van der Waals surface area contributed by atoms with Crippen LogP contribution in [0.1, 0.15) is 21.5 Å². The second-order valence-corrected chi connectivity index (χ2v) is 6.23. The van der Waals surface area contributed by atoms with Crippen molar-refractivity contribution in [1.29, 1.82) is 0 Å². The minimum atomic E-state index is -0.502. The number of carbonyl (C=O) groups excluding carboxylic acids is 2. The molecule has 0 bridgehead atoms. The van der Waals surface area contributed by atoms with Gasteiger partial charge in [-0.1, -0.05) is 30.3 Å². The van der Waals surface area contributed by atoms with Crippen LogP contribution in [0.2, 0.25) is 0 Å². The molecule has 1 aromatic heterocycles. The molecule has 0 saturated carbocycles. The van der Waals surface area contributed by atoms with Gasteiger partial charge in [0.25, 0.3) is 11.6 Å². The van der Waals surface area contributed by atoms with Gasteiger partial charge in [-0.15, -0.1) is 0 Å². The van der Waals surface area contributed by atoms with Crippen molar-refractivity contribution in [3.05, 3.63) is 99.9 Å².